The number of furan rings is 1. The molecule has 3 aromatic rings. The van der Waals surface area contributed by atoms with Crippen LogP contribution in [0.5, 0.6) is 0 Å². The van der Waals surface area contributed by atoms with Gasteiger partial charge in [-0.3, -0.25) is 4.79 Å². The molecule has 1 amide bonds. The van der Waals surface area contributed by atoms with E-state index in [1.807, 2.05) is 31.2 Å². The molecular formula is C15H13BrN2O3S. The van der Waals surface area contributed by atoms with Crippen LogP contribution in [-0.2, 0) is 6.54 Å². The molecule has 22 heavy (non-hydrogen) atoms. The minimum atomic E-state index is -0.229. The first-order valence-electron chi connectivity index (χ1n) is 6.60. The van der Waals surface area contributed by atoms with Gasteiger partial charge in [-0.15, -0.1) is 11.3 Å². The molecule has 7 heteroatoms. The maximum absolute atomic E-state index is 12.4. The van der Waals surface area contributed by atoms with E-state index in [1.54, 1.807) is 6.92 Å². The van der Waals surface area contributed by atoms with Crippen LogP contribution in [0, 0.1) is 13.8 Å². The molecule has 0 radical (unpaired) electrons. The molecule has 0 aromatic carbocycles. The first kappa shape index (κ1) is 15.1. The van der Waals surface area contributed by atoms with Gasteiger partial charge in [0.1, 0.15) is 28.5 Å². The fraction of sp³-hybridized carbons (Fsp3) is 0.200. The highest BCUT2D eigenvalue weighted by Crippen LogP contribution is 2.33. The van der Waals surface area contributed by atoms with Gasteiger partial charge < -0.3 is 14.3 Å². The zero-order valence-electron chi connectivity index (χ0n) is 12.0. The van der Waals surface area contributed by atoms with Crippen molar-refractivity contribution in [2.45, 2.75) is 20.4 Å². The Hall–Kier alpha value is -1.86. The third-order valence-corrected chi connectivity index (χ3v) is 4.75. The zero-order chi connectivity index (χ0) is 15.7. The third kappa shape index (κ3) is 3.00. The molecule has 0 aliphatic rings. The summed E-state index contributed by atoms with van der Waals surface area (Å²) < 4.78 is 11.6. The van der Waals surface area contributed by atoms with Crippen LogP contribution in [0.25, 0.3) is 10.6 Å². The van der Waals surface area contributed by atoms with Gasteiger partial charge in [0.25, 0.3) is 5.91 Å². The molecule has 114 valence electrons. The molecular weight excluding hydrogens is 368 g/mol. The summed E-state index contributed by atoms with van der Waals surface area (Å²) in [5, 5.41) is 6.84. The van der Waals surface area contributed by atoms with E-state index >= 15 is 0 Å². The van der Waals surface area contributed by atoms with Crippen molar-refractivity contribution >= 4 is 33.2 Å². The lowest BCUT2D eigenvalue weighted by molar-refractivity contribution is 0.0947. The van der Waals surface area contributed by atoms with Crippen molar-refractivity contribution in [3.05, 3.63) is 50.9 Å². The predicted molar refractivity (Wildman–Crippen MR) is 86.9 cm³/mol. The Morgan fingerprint density at radius 1 is 1.32 bits per heavy atom. The van der Waals surface area contributed by atoms with E-state index in [1.165, 1.54) is 11.3 Å². The summed E-state index contributed by atoms with van der Waals surface area (Å²) in [6.45, 7) is 3.91. The Labute approximate surface area is 139 Å². The summed E-state index contributed by atoms with van der Waals surface area (Å²) in [6.07, 6.45) is 0. The van der Waals surface area contributed by atoms with E-state index in [9.17, 15) is 4.79 Å². The molecule has 0 aliphatic heterocycles. The van der Waals surface area contributed by atoms with Crippen LogP contribution in [0.3, 0.4) is 0 Å². The van der Waals surface area contributed by atoms with E-state index in [-0.39, 0.29) is 5.91 Å². The lowest BCUT2D eigenvalue weighted by Gasteiger charge is -2.03. The second-order valence-electron chi connectivity index (χ2n) is 4.76. The number of aromatic nitrogens is 1. The minimum Gasteiger partial charge on any atom is -0.465 e. The molecule has 0 saturated carbocycles. The van der Waals surface area contributed by atoms with Gasteiger partial charge in [0, 0.05) is 0 Å². The van der Waals surface area contributed by atoms with Gasteiger partial charge in [-0.25, -0.2) is 0 Å². The summed E-state index contributed by atoms with van der Waals surface area (Å²) in [6, 6.07) is 7.52. The Balaban J connectivity index is 1.81. The fourth-order valence-electron chi connectivity index (χ4n) is 2.09. The molecule has 1 N–H and O–H groups in total. The van der Waals surface area contributed by atoms with Gasteiger partial charge in [0.2, 0.25) is 0 Å². The highest BCUT2D eigenvalue weighted by Gasteiger charge is 2.22. The Morgan fingerprint density at radius 2 is 2.14 bits per heavy atom. The summed E-state index contributed by atoms with van der Waals surface area (Å²) >= 11 is 4.91. The van der Waals surface area contributed by atoms with Crippen LogP contribution in [0.2, 0.25) is 0 Å². The average molecular weight is 381 g/mol. The molecule has 3 aromatic heterocycles. The van der Waals surface area contributed by atoms with E-state index in [0.29, 0.717) is 29.3 Å². The van der Waals surface area contributed by atoms with Gasteiger partial charge in [0.05, 0.1) is 15.2 Å². The van der Waals surface area contributed by atoms with Gasteiger partial charge in [-0.1, -0.05) is 5.16 Å². The lowest BCUT2D eigenvalue weighted by Crippen LogP contribution is -2.23. The monoisotopic (exact) mass is 380 g/mol. The van der Waals surface area contributed by atoms with Crippen molar-refractivity contribution in [1.29, 1.82) is 0 Å². The van der Waals surface area contributed by atoms with Crippen LogP contribution in [0.15, 0.2) is 37.0 Å². The van der Waals surface area contributed by atoms with Crippen LogP contribution in [0.4, 0.5) is 0 Å². The zero-order valence-corrected chi connectivity index (χ0v) is 14.4. The number of amides is 1. The first-order chi connectivity index (χ1) is 10.5. The van der Waals surface area contributed by atoms with Gasteiger partial charge in [-0.05, 0) is 54.0 Å². The minimum absolute atomic E-state index is 0.229. The molecule has 0 spiro atoms. The Kier molecular flexibility index (Phi) is 4.17. The first-order valence-corrected chi connectivity index (χ1v) is 8.21. The van der Waals surface area contributed by atoms with E-state index in [2.05, 4.69) is 26.4 Å². The van der Waals surface area contributed by atoms with Crippen LogP contribution in [0.1, 0.15) is 27.6 Å². The summed E-state index contributed by atoms with van der Waals surface area (Å²) in [7, 11) is 0. The number of hydrogen-bond acceptors (Lipinski definition) is 5. The van der Waals surface area contributed by atoms with Crippen LogP contribution < -0.4 is 5.32 Å². The fourth-order valence-corrected chi connectivity index (χ4v) is 3.46. The molecule has 0 unspecified atom stereocenters. The number of carbonyl (C=O) groups excluding carboxylic acids is 1. The van der Waals surface area contributed by atoms with E-state index < -0.39 is 0 Å². The topological polar surface area (TPSA) is 68.3 Å². The number of rotatable bonds is 4. The van der Waals surface area contributed by atoms with Crippen molar-refractivity contribution in [3.8, 4) is 10.6 Å². The Morgan fingerprint density at radius 3 is 2.77 bits per heavy atom. The van der Waals surface area contributed by atoms with Crippen molar-refractivity contribution in [2.24, 2.45) is 0 Å². The maximum Gasteiger partial charge on any atom is 0.257 e. The van der Waals surface area contributed by atoms with Gasteiger partial charge >= 0.3 is 0 Å². The maximum atomic E-state index is 12.4. The number of nitrogens with one attached hydrogen (secondary N) is 1. The number of aryl methyl sites for hydroxylation is 2. The molecule has 3 rings (SSSR count). The average Bonchev–Trinajstić information content (AvgIpc) is 3.17. The standard InChI is InChI=1S/C15H13BrN2O3S/c1-8-3-4-10(20-8)7-17-15(19)13-9(2)21-18-14(13)11-5-6-12(16)22-11/h3-6H,7H2,1-2H3,(H,17,19). The summed E-state index contributed by atoms with van der Waals surface area (Å²) in [5.41, 5.74) is 1.01. The number of thiophene rings is 1. The van der Waals surface area contributed by atoms with Crippen molar-refractivity contribution in [2.75, 3.05) is 0 Å². The Bertz CT molecular complexity index is 818. The lowest BCUT2D eigenvalue weighted by atomic mass is 10.1. The summed E-state index contributed by atoms with van der Waals surface area (Å²) in [5.74, 6) is 1.79. The van der Waals surface area contributed by atoms with Crippen LogP contribution >= 0.6 is 27.3 Å². The smallest absolute Gasteiger partial charge is 0.257 e. The van der Waals surface area contributed by atoms with Gasteiger partial charge in [-0.2, -0.15) is 0 Å². The molecule has 0 atom stereocenters. The highest BCUT2D eigenvalue weighted by atomic mass is 79.9. The van der Waals surface area contributed by atoms with Crippen LogP contribution in [-0.4, -0.2) is 11.1 Å². The highest BCUT2D eigenvalue weighted by molar-refractivity contribution is 9.11. The molecule has 0 saturated heterocycles. The predicted octanol–water partition coefficient (Wildman–Crippen LogP) is 4.31. The molecule has 0 bridgehead atoms. The second kappa shape index (κ2) is 6.10. The third-order valence-electron chi connectivity index (χ3n) is 3.12. The van der Waals surface area contributed by atoms with Crippen molar-refractivity contribution in [1.82, 2.24) is 10.5 Å². The van der Waals surface area contributed by atoms with Gasteiger partial charge in [0.15, 0.2) is 0 Å². The van der Waals surface area contributed by atoms with Crippen molar-refractivity contribution < 1.29 is 13.7 Å². The number of halogens is 1. The molecule has 3 heterocycles. The molecule has 5 nitrogen and oxygen atoms in total. The number of carbonyl (C=O) groups is 1. The normalized spacial score (nSPS) is 10.9. The SMILES string of the molecule is Cc1ccc(CNC(=O)c2c(-c3ccc(Br)s3)noc2C)o1. The molecule has 0 aliphatic carbocycles. The number of hydrogen-bond donors (Lipinski definition) is 1. The second-order valence-corrected chi connectivity index (χ2v) is 7.22. The van der Waals surface area contributed by atoms with Crippen molar-refractivity contribution in [3.63, 3.8) is 0 Å². The quantitative estimate of drug-likeness (QED) is 0.732. The summed E-state index contributed by atoms with van der Waals surface area (Å²) in [4.78, 5) is 13.3. The largest absolute Gasteiger partial charge is 0.465 e. The molecule has 0 fully saturated rings. The van der Waals surface area contributed by atoms with E-state index in [0.717, 1.165) is 14.4 Å². The van der Waals surface area contributed by atoms with E-state index in [4.69, 9.17) is 8.94 Å². The number of nitrogens with zero attached hydrogens (tertiary/aromatic N) is 1.